The van der Waals surface area contributed by atoms with Crippen LogP contribution in [-0.2, 0) is 10.0 Å². The largest absolute Gasteiger partial charge is 0.385 e. The lowest BCUT2D eigenvalue weighted by Gasteiger charge is -2.11. The summed E-state index contributed by atoms with van der Waals surface area (Å²) in [5, 5.41) is 5.20. The number of nitrogens with one attached hydrogen (secondary N) is 2. The quantitative estimate of drug-likeness (QED) is 0.591. The molecule has 0 aliphatic heterocycles. The summed E-state index contributed by atoms with van der Waals surface area (Å²) in [5.74, 6) is 0. The van der Waals surface area contributed by atoms with E-state index in [1.165, 1.54) is 21.7 Å². The van der Waals surface area contributed by atoms with Crippen LogP contribution in [-0.4, -0.2) is 26.8 Å². The minimum absolute atomic E-state index is 0.366. The summed E-state index contributed by atoms with van der Waals surface area (Å²) in [6.07, 6.45) is 2.89. The Kier molecular flexibility index (Phi) is 7.47. The third-order valence-electron chi connectivity index (χ3n) is 4.12. The van der Waals surface area contributed by atoms with E-state index in [9.17, 15) is 8.42 Å². The summed E-state index contributed by atoms with van der Waals surface area (Å²) >= 11 is 1.75. The molecule has 0 atom stereocenters. The highest BCUT2D eigenvalue weighted by molar-refractivity contribution is 7.90. The second-order valence-electron chi connectivity index (χ2n) is 6.48. The highest BCUT2D eigenvalue weighted by atomic mass is 32.2. The van der Waals surface area contributed by atoms with E-state index >= 15 is 0 Å². The Morgan fingerprint density at radius 3 is 2.48 bits per heavy atom. The Labute approximate surface area is 155 Å². The summed E-state index contributed by atoms with van der Waals surface area (Å²) in [6.45, 7) is 6.93. The molecular weight excluding hydrogens is 352 g/mol. The summed E-state index contributed by atoms with van der Waals surface area (Å²) in [5.41, 5.74) is 3.67. The maximum Gasteiger partial charge on any atom is 0.213 e. The molecule has 2 rings (SSSR count). The minimum atomic E-state index is -3.13. The number of benzene rings is 1. The van der Waals surface area contributed by atoms with E-state index in [-0.39, 0.29) is 5.25 Å². The summed E-state index contributed by atoms with van der Waals surface area (Å²) in [4.78, 5) is 1.29. The summed E-state index contributed by atoms with van der Waals surface area (Å²) in [6, 6.07) is 10.7. The summed E-state index contributed by atoms with van der Waals surface area (Å²) in [7, 11) is -3.13. The first-order valence-electron chi connectivity index (χ1n) is 8.77. The van der Waals surface area contributed by atoms with Gasteiger partial charge in [-0.2, -0.15) is 0 Å². The monoisotopic (exact) mass is 380 g/mol. The first kappa shape index (κ1) is 19.9. The maximum absolute atomic E-state index is 11.6. The molecule has 0 aliphatic carbocycles. The summed E-state index contributed by atoms with van der Waals surface area (Å²) < 4.78 is 25.9. The van der Waals surface area contributed by atoms with Crippen LogP contribution in [0, 0.1) is 6.92 Å². The van der Waals surface area contributed by atoms with Crippen LogP contribution in [0.1, 0.15) is 38.7 Å². The molecule has 2 N–H and O–H groups in total. The average molecular weight is 381 g/mol. The number of unbranched alkanes of at least 4 members (excludes halogenated alkanes) is 2. The number of thiophene rings is 1. The Balaban J connectivity index is 1.69. The smallest absolute Gasteiger partial charge is 0.213 e. The second-order valence-corrected chi connectivity index (χ2v) is 9.75. The van der Waals surface area contributed by atoms with Gasteiger partial charge in [0.15, 0.2) is 0 Å². The van der Waals surface area contributed by atoms with Crippen molar-refractivity contribution in [2.75, 3.05) is 18.4 Å². The Hall–Kier alpha value is -1.37. The van der Waals surface area contributed by atoms with Gasteiger partial charge in [0.1, 0.15) is 0 Å². The SMILES string of the molecule is Cc1cc(-c2cccs2)ccc1NCCCCCNS(=O)(=O)C(C)C. The molecule has 0 radical (unpaired) electrons. The zero-order chi connectivity index (χ0) is 18.3. The maximum atomic E-state index is 11.6. The molecule has 0 saturated carbocycles. The van der Waals surface area contributed by atoms with E-state index in [0.717, 1.165) is 25.8 Å². The molecule has 0 bridgehead atoms. The zero-order valence-corrected chi connectivity index (χ0v) is 16.8. The average Bonchev–Trinajstić information content (AvgIpc) is 3.09. The zero-order valence-electron chi connectivity index (χ0n) is 15.2. The molecule has 0 amide bonds. The molecule has 2 aromatic rings. The van der Waals surface area contributed by atoms with Gasteiger partial charge in [-0.05, 0) is 68.3 Å². The van der Waals surface area contributed by atoms with Gasteiger partial charge in [-0.3, -0.25) is 0 Å². The first-order valence-corrected chi connectivity index (χ1v) is 11.2. The van der Waals surface area contributed by atoms with Crippen LogP contribution < -0.4 is 10.0 Å². The van der Waals surface area contributed by atoms with E-state index in [4.69, 9.17) is 0 Å². The van der Waals surface area contributed by atoms with Crippen molar-refractivity contribution in [3.63, 3.8) is 0 Å². The van der Waals surface area contributed by atoms with Gasteiger partial charge in [-0.1, -0.05) is 18.6 Å². The molecule has 1 aromatic carbocycles. The highest BCUT2D eigenvalue weighted by Gasteiger charge is 2.13. The van der Waals surface area contributed by atoms with Crippen LogP contribution in [0.4, 0.5) is 5.69 Å². The van der Waals surface area contributed by atoms with Crippen LogP contribution in [0.2, 0.25) is 0 Å². The van der Waals surface area contributed by atoms with Crippen molar-refractivity contribution in [2.45, 2.75) is 45.3 Å². The molecule has 0 fully saturated rings. The van der Waals surface area contributed by atoms with Crippen LogP contribution in [0.15, 0.2) is 35.7 Å². The number of anilines is 1. The molecule has 0 aliphatic rings. The van der Waals surface area contributed by atoms with Crippen LogP contribution in [0.25, 0.3) is 10.4 Å². The van der Waals surface area contributed by atoms with Crippen molar-refractivity contribution in [1.82, 2.24) is 4.72 Å². The van der Waals surface area contributed by atoms with Gasteiger partial charge in [0.25, 0.3) is 0 Å². The van der Waals surface area contributed by atoms with Crippen molar-refractivity contribution in [3.8, 4) is 10.4 Å². The molecule has 1 aromatic heterocycles. The predicted octanol–water partition coefficient (Wildman–Crippen LogP) is 4.63. The number of aryl methyl sites for hydroxylation is 1. The van der Waals surface area contributed by atoms with Gasteiger partial charge >= 0.3 is 0 Å². The van der Waals surface area contributed by atoms with Crippen LogP contribution in [0.5, 0.6) is 0 Å². The molecule has 0 unspecified atom stereocenters. The van der Waals surface area contributed by atoms with E-state index in [1.54, 1.807) is 25.2 Å². The van der Waals surface area contributed by atoms with Gasteiger partial charge < -0.3 is 5.32 Å². The third kappa shape index (κ3) is 6.13. The van der Waals surface area contributed by atoms with Gasteiger partial charge in [0, 0.05) is 23.7 Å². The van der Waals surface area contributed by atoms with E-state index in [2.05, 4.69) is 52.7 Å². The van der Waals surface area contributed by atoms with Crippen LogP contribution in [0.3, 0.4) is 0 Å². The van der Waals surface area contributed by atoms with Gasteiger partial charge in [0.05, 0.1) is 5.25 Å². The van der Waals surface area contributed by atoms with Crippen molar-refractivity contribution in [2.24, 2.45) is 0 Å². The highest BCUT2D eigenvalue weighted by Crippen LogP contribution is 2.28. The van der Waals surface area contributed by atoms with E-state index in [0.29, 0.717) is 6.54 Å². The Morgan fingerprint density at radius 2 is 1.84 bits per heavy atom. The second kappa shape index (κ2) is 9.36. The third-order valence-corrected chi connectivity index (χ3v) is 6.89. The lowest BCUT2D eigenvalue weighted by molar-refractivity contribution is 0.566. The van der Waals surface area contributed by atoms with Crippen molar-refractivity contribution in [1.29, 1.82) is 0 Å². The number of hydrogen-bond acceptors (Lipinski definition) is 4. The fourth-order valence-electron chi connectivity index (χ4n) is 2.49. The molecule has 0 saturated heterocycles. The Morgan fingerprint density at radius 1 is 1.08 bits per heavy atom. The molecular formula is C19H28N2O2S2. The van der Waals surface area contributed by atoms with Crippen molar-refractivity contribution >= 4 is 27.0 Å². The Bertz CT molecular complexity index is 754. The van der Waals surface area contributed by atoms with Gasteiger partial charge in [-0.15, -0.1) is 11.3 Å². The number of hydrogen-bond donors (Lipinski definition) is 2. The fourth-order valence-corrected chi connectivity index (χ4v) is 3.98. The lowest BCUT2D eigenvalue weighted by atomic mass is 10.1. The number of rotatable bonds is 10. The van der Waals surface area contributed by atoms with E-state index < -0.39 is 10.0 Å². The topological polar surface area (TPSA) is 58.2 Å². The lowest BCUT2D eigenvalue weighted by Crippen LogP contribution is -2.31. The molecule has 0 spiro atoms. The van der Waals surface area contributed by atoms with Crippen molar-refractivity contribution in [3.05, 3.63) is 41.3 Å². The van der Waals surface area contributed by atoms with Crippen LogP contribution >= 0.6 is 11.3 Å². The minimum Gasteiger partial charge on any atom is -0.385 e. The first-order chi connectivity index (χ1) is 11.9. The normalized spacial score (nSPS) is 11.8. The number of sulfonamides is 1. The standard InChI is InChI=1S/C19H28N2O2S2/c1-15(2)25(22,23)21-12-6-4-5-11-20-18-10-9-17(14-16(18)3)19-8-7-13-24-19/h7-10,13-15,20-21H,4-6,11-12H2,1-3H3. The van der Waals surface area contributed by atoms with Crippen molar-refractivity contribution < 1.29 is 8.42 Å². The van der Waals surface area contributed by atoms with Gasteiger partial charge in [-0.25, -0.2) is 13.1 Å². The molecule has 1 heterocycles. The van der Waals surface area contributed by atoms with E-state index in [1.807, 2.05) is 0 Å². The molecule has 138 valence electrons. The predicted molar refractivity (Wildman–Crippen MR) is 109 cm³/mol. The van der Waals surface area contributed by atoms with Gasteiger partial charge in [0.2, 0.25) is 10.0 Å². The molecule has 4 nitrogen and oxygen atoms in total. The molecule has 25 heavy (non-hydrogen) atoms. The fraction of sp³-hybridized carbons (Fsp3) is 0.474. The molecule has 6 heteroatoms.